The van der Waals surface area contributed by atoms with Crippen molar-refractivity contribution in [3.63, 3.8) is 0 Å². The van der Waals surface area contributed by atoms with Gasteiger partial charge in [-0.3, -0.25) is 0 Å². The third-order valence-corrected chi connectivity index (χ3v) is 14.9. The molecular weight excluding hydrogens is 765 g/mol. The average molecular weight is 839 g/mol. The van der Waals surface area contributed by atoms with Gasteiger partial charge in [0.15, 0.2) is 0 Å². The summed E-state index contributed by atoms with van der Waals surface area (Å²) in [5.41, 5.74) is 10.4. The first-order valence-electron chi connectivity index (χ1n) is 23.9. The Labute approximate surface area is 373 Å². The van der Waals surface area contributed by atoms with Gasteiger partial charge in [-0.15, -0.1) is 0 Å². The van der Waals surface area contributed by atoms with Crippen LogP contribution in [0.25, 0.3) is 0 Å². The molecule has 2 saturated heterocycles. The lowest BCUT2D eigenvalue weighted by molar-refractivity contribution is -0.134. The molecule has 332 valence electrons. The van der Waals surface area contributed by atoms with Crippen LogP contribution >= 0.6 is 0 Å². The number of carboxylic acids is 2. The molecule has 6 nitrogen and oxygen atoms in total. The van der Waals surface area contributed by atoms with E-state index in [1.807, 2.05) is 0 Å². The largest absolute Gasteiger partial charge is 0.478 e. The van der Waals surface area contributed by atoms with Gasteiger partial charge < -0.3 is 20.0 Å². The molecule has 4 aliphatic rings. The number of carboxylic acid groups (broad SMARTS) is 2. The van der Waals surface area contributed by atoms with Crippen molar-refractivity contribution < 1.29 is 19.8 Å². The lowest BCUT2D eigenvalue weighted by Crippen LogP contribution is -2.47. The maximum atomic E-state index is 9.55. The summed E-state index contributed by atoms with van der Waals surface area (Å²) in [6.45, 7) is 16.9. The van der Waals surface area contributed by atoms with Crippen LogP contribution in [-0.4, -0.2) is 71.2 Å². The van der Waals surface area contributed by atoms with E-state index in [0.717, 1.165) is 11.8 Å². The molecular formula is C56H74N2O4. The summed E-state index contributed by atoms with van der Waals surface area (Å²) < 4.78 is 0. The van der Waals surface area contributed by atoms with Crippen LogP contribution in [0.4, 0.5) is 0 Å². The first-order chi connectivity index (χ1) is 30.0. The first-order valence-corrected chi connectivity index (χ1v) is 23.9. The van der Waals surface area contributed by atoms with Crippen molar-refractivity contribution >= 4 is 11.9 Å². The van der Waals surface area contributed by atoms with Crippen LogP contribution in [0, 0.1) is 11.8 Å². The van der Waals surface area contributed by atoms with Crippen molar-refractivity contribution in [1.29, 1.82) is 0 Å². The summed E-state index contributed by atoms with van der Waals surface area (Å²) in [7, 11) is 0. The highest BCUT2D eigenvalue weighted by molar-refractivity contribution is 5.89. The van der Waals surface area contributed by atoms with Gasteiger partial charge in [0.25, 0.3) is 0 Å². The van der Waals surface area contributed by atoms with Gasteiger partial charge in [-0.05, 0) is 147 Å². The van der Waals surface area contributed by atoms with Gasteiger partial charge >= 0.3 is 11.9 Å². The number of benzene rings is 4. The second-order valence-electron chi connectivity index (χ2n) is 19.2. The Morgan fingerprint density at radius 2 is 0.935 bits per heavy atom. The standard InChI is InChI=1S/2C26H35N.C4H4O4/c2*1-21(2)25-15-7-6-10-22(25)11-9-18-27-19-17-26(16-8-14-24(26)20-27)23-12-4-3-5-13-23;5-3(6)1-2-4(7)8/h2*3-7,10,12-13,15,21,24H,8-9,11,14,16-20H2,1-2H3;1-2H,(H,5,6)(H,7,8)/b;;2-1-. The number of hydrogen-bond donors (Lipinski definition) is 2. The first kappa shape index (κ1) is 47.0. The Morgan fingerprint density at radius 3 is 1.31 bits per heavy atom. The maximum absolute atomic E-state index is 9.55. The van der Waals surface area contributed by atoms with Crippen LogP contribution in [0.5, 0.6) is 0 Å². The number of nitrogens with zero attached hydrogens (tertiary/aromatic N) is 2. The number of aliphatic carboxylic acids is 2. The number of rotatable bonds is 14. The predicted octanol–water partition coefficient (Wildman–Crippen LogP) is 12.1. The summed E-state index contributed by atoms with van der Waals surface area (Å²) in [6.07, 6.45) is 17.3. The second-order valence-corrected chi connectivity index (χ2v) is 19.2. The Hall–Kier alpha value is -4.52. The molecule has 2 aliphatic heterocycles. The molecule has 2 heterocycles. The van der Waals surface area contributed by atoms with Gasteiger partial charge in [0.05, 0.1) is 0 Å². The van der Waals surface area contributed by atoms with Crippen LogP contribution in [-0.2, 0) is 33.3 Å². The molecule has 2 N–H and O–H groups in total. The number of aryl methyl sites for hydroxylation is 2. The molecule has 0 spiro atoms. The summed E-state index contributed by atoms with van der Waals surface area (Å²) in [5, 5.41) is 15.6. The minimum absolute atomic E-state index is 0.474. The predicted molar refractivity (Wildman–Crippen MR) is 255 cm³/mol. The van der Waals surface area contributed by atoms with E-state index in [2.05, 4.69) is 147 Å². The average Bonchev–Trinajstić information content (AvgIpc) is 3.93. The zero-order valence-corrected chi connectivity index (χ0v) is 38.2. The molecule has 4 aromatic carbocycles. The number of fused-ring (bicyclic) bond motifs is 2. The molecule has 4 atom stereocenters. The zero-order valence-electron chi connectivity index (χ0n) is 38.2. The van der Waals surface area contributed by atoms with E-state index in [1.165, 1.54) is 127 Å². The van der Waals surface area contributed by atoms with Gasteiger partial charge in [0.2, 0.25) is 0 Å². The van der Waals surface area contributed by atoms with Crippen molar-refractivity contribution in [2.75, 3.05) is 39.3 Å². The molecule has 0 amide bonds. The van der Waals surface area contributed by atoms with E-state index >= 15 is 0 Å². The normalized spacial score (nSPS) is 23.6. The molecule has 4 fully saturated rings. The highest BCUT2D eigenvalue weighted by Crippen LogP contribution is 2.52. The van der Waals surface area contributed by atoms with Crippen LogP contribution in [0.15, 0.2) is 121 Å². The summed E-state index contributed by atoms with van der Waals surface area (Å²) in [4.78, 5) is 24.6. The zero-order chi connectivity index (χ0) is 44.0. The maximum Gasteiger partial charge on any atom is 0.328 e. The van der Waals surface area contributed by atoms with Crippen LogP contribution < -0.4 is 0 Å². The van der Waals surface area contributed by atoms with Crippen LogP contribution in [0.1, 0.15) is 137 Å². The van der Waals surface area contributed by atoms with Gasteiger partial charge in [-0.2, -0.15) is 0 Å². The van der Waals surface area contributed by atoms with Gasteiger partial charge in [0.1, 0.15) is 0 Å². The Balaban J connectivity index is 0.000000176. The quantitative estimate of drug-likeness (QED) is 0.123. The second kappa shape index (κ2) is 22.7. The molecule has 2 aliphatic carbocycles. The van der Waals surface area contributed by atoms with E-state index in [9.17, 15) is 9.59 Å². The monoisotopic (exact) mass is 839 g/mol. The molecule has 6 heteroatoms. The highest BCUT2D eigenvalue weighted by atomic mass is 16.4. The van der Waals surface area contributed by atoms with Crippen LogP contribution in [0.2, 0.25) is 0 Å². The van der Waals surface area contributed by atoms with Crippen molar-refractivity contribution in [1.82, 2.24) is 9.80 Å². The molecule has 2 saturated carbocycles. The number of hydrogen-bond acceptors (Lipinski definition) is 4. The van der Waals surface area contributed by atoms with E-state index < -0.39 is 11.9 Å². The van der Waals surface area contributed by atoms with E-state index in [4.69, 9.17) is 10.2 Å². The Kier molecular flexibility index (Phi) is 17.2. The molecule has 4 unspecified atom stereocenters. The minimum Gasteiger partial charge on any atom is -0.478 e. The van der Waals surface area contributed by atoms with Crippen molar-refractivity contribution in [3.8, 4) is 0 Å². The fourth-order valence-electron chi connectivity index (χ4n) is 11.8. The van der Waals surface area contributed by atoms with Crippen molar-refractivity contribution in [2.24, 2.45) is 11.8 Å². The van der Waals surface area contributed by atoms with Gasteiger partial charge in [-0.25, -0.2) is 9.59 Å². The van der Waals surface area contributed by atoms with Gasteiger partial charge in [-0.1, -0.05) is 150 Å². The lowest BCUT2D eigenvalue weighted by atomic mass is 9.68. The smallest absolute Gasteiger partial charge is 0.328 e. The van der Waals surface area contributed by atoms with Crippen LogP contribution in [0.3, 0.4) is 0 Å². The molecule has 62 heavy (non-hydrogen) atoms. The Morgan fingerprint density at radius 1 is 0.565 bits per heavy atom. The fourth-order valence-corrected chi connectivity index (χ4v) is 11.8. The van der Waals surface area contributed by atoms with E-state index in [-0.39, 0.29) is 0 Å². The molecule has 0 aromatic heterocycles. The molecule has 8 rings (SSSR count). The molecule has 0 bridgehead atoms. The minimum atomic E-state index is -1.26. The summed E-state index contributed by atoms with van der Waals surface area (Å²) >= 11 is 0. The van der Waals surface area contributed by atoms with Crippen molar-refractivity contribution in [3.05, 3.63) is 155 Å². The summed E-state index contributed by atoms with van der Waals surface area (Å²) in [6, 6.07) is 40.9. The number of carbonyl (C=O) groups is 2. The number of piperidine rings is 2. The third kappa shape index (κ3) is 12.1. The highest BCUT2D eigenvalue weighted by Gasteiger charge is 2.48. The third-order valence-electron chi connectivity index (χ3n) is 14.9. The molecule has 0 radical (unpaired) electrons. The van der Waals surface area contributed by atoms with Gasteiger partial charge in [0, 0.05) is 36.1 Å². The van der Waals surface area contributed by atoms with Crippen molar-refractivity contribution in [2.45, 2.75) is 127 Å². The Bertz CT molecular complexity index is 1880. The summed E-state index contributed by atoms with van der Waals surface area (Å²) in [5.74, 6) is 0.454. The number of likely N-dealkylation sites (tertiary alicyclic amines) is 2. The topological polar surface area (TPSA) is 81.1 Å². The molecule has 4 aromatic rings. The lowest BCUT2D eigenvalue weighted by Gasteiger charge is -2.45. The fraction of sp³-hybridized carbons (Fsp3) is 0.500. The van der Waals surface area contributed by atoms with E-state index in [1.54, 1.807) is 22.3 Å². The SMILES string of the molecule is CC(C)c1ccccc1CCCN1CCC2(c3ccccc3)CCCC2C1.CC(C)c1ccccc1CCCN1CCC2(c3ccccc3)CCCC2C1.O=C(O)/C=C\C(=O)O. The van der Waals surface area contributed by atoms with E-state index in [0.29, 0.717) is 34.8 Å².